The first-order chi connectivity index (χ1) is 14.5. The van der Waals surface area contributed by atoms with Gasteiger partial charge < -0.3 is 19.8 Å². The highest BCUT2D eigenvalue weighted by molar-refractivity contribution is 7.71. The van der Waals surface area contributed by atoms with E-state index in [9.17, 15) is 9.59 Å². The summed E-state index contributed by atoms with van der Waals surface area (Å²) in [5.41, 5.74) is 0.766. The predicted molar refractivity (Wildman–Crippen MR) is 119 cm³/mol. The van der Waals surface area contributed by atoms with E-state index in [1.807, 2.05) is 0 Å². The SMILES string of the molecule is COCCCn1c(=S)[nH]c2cc(C(=O)NCCOc3ccc(Cl)cc3)ccc2c1=O. The van der Waals surface area contributed by atoms with Crippen molar-refractivity contribution in [3.63, 3.8) is 0 Å². The van der Waals surface area contributed by atoms with Crippen LogP contribution in [0.2, 0.25) is 5.02 Å². The molecule has 158 valence electrons. The van der Waals surface area contributed by atoms with Crippen LogP contribution in [0.5, 0.6) is 5.75 Å². The number of amides is 1. The molecule has 0 atom stereocenters. The fourth-order valence-electron chi connectivity index (χ4n) is 2.93. The van der Waals surface area contributed by atoms with E-state index < -0.39 is 0 Å². The number of aromatic nitrogens is 2. The summed E-state index contributed by atoms with van der Waals surface area (Å²) >= 11 is 11.1. The monoisotopic (exact) mass is 447 g/mol. The van der Waals surface area contributed by atoms with Gasteiger partial charge in [0.25, 0.3) is 11.5 Å². The van der Waals surface area contributed by atoms with Crippen molar-refractivity contribution >= 4 is 40.6 Å². The normalized spacial score (nSPS) is 10.9. The maximum absolute atomic E-state index is 12.7. The Morgan fingerprint density at radius 2 is 1.97 bits per heavy atom. The molecule has 3 aromatic rings. The highest BCUT2D eigenvalue weighted by atomic mass is 35.5. The van der Waals surface area contributed by atoms with Gasteiger partial charge in [0.1, 0.15) is 12.4 Å². The van der Waals surface area contributed by atoms with Crippen LogP contribution in [-0.4, -0.2) is 42.3 Å². The molecule has 9 heteroatoms. The van der Waals surface area contributed by atoms with Crippen LogP contribution in [0.25, 0.3) is 10.9 Å². The quantitative estimate of drug-likeness (QED) is 0.387. The summed E-state index contributed by atoms with van der Waals surface area (Å²) in [5.74, 6) is 0.411. The Labute approximate surface area is 183 Å². The molecule has 0 aliphatic carbocycles. The van der Waals surface area contributed by atoms with Crippen molar-refractivity contribution in [2.75, 3.05) is 26.9 Å². The van der Waals surface area contributed by atoms with Crippen LogP contribution in [0.3, 0.4) is 0 Å². The molecule has 0 saturated heterocycles. The van der Waals surface area contributed by atoms with Gasteiger partial charge in [0, 0.05) is 30.8 Å². The molecule has 30 heavy (non-hydrogen) atoms. The maximum atomic E-state index is 12.7. The van der Waals surface area contributed by atoms with Crippen LogP contribution in [0.1, 0.15) is 16.8 Å². The van der Waals surface area contributed by atoms with E-state index in [0.29, 0.717) is 64.7 Å². The van der Waals surface area contributed by atoms with Gasteiger partial charge in [-0.25, -0.2) is 0 Å². The first-order valence-corrected chi connectivity index (χ1v) is 10.2. The number of fused-ring (bicyclic) bond motifs is 1. The molecule has 0 spiro atoms. The minimum absolute atomic E-state index is 0.187. The number of aromatic amines is 1. The summed E-state index contributed by atoms with van der Waals surface area (Å²) in [5, 5.41) is 3.90. The van der Waals surface area contributed by atoms with Gasteiger partial charge in [-0.2, -0.15) is 0 Å². The summed E-state index contributed by atoms with van der Waals surface area (Å²) in [4.78, 5) is 28.2. The number of nitrogens with zero attached hydrogens (tertiary/aromatic N) is 1. The molecule has 0 saturated carbocycles. The fourth-order valence-corrected chi connectivity index (χ4v) is 3.34. The first kappa shape index (κ1) is 22.0. The van der Waals surface area contributed by atoms with E-state index in [-0.39, 0.29) is 11.5 Å². The predicted octanol–water partition coefficient (Wildman–Crippen LogP) is 3.56. The Bertz CT molecular complexity index is 1140. The van der Waals surface area contributed by atoms with Crippen LogP contribution in [0.15, 0.2) is 47.3 Å². The van der Waals surface area contributed by atoms with Crippen molar-refractivity contribution in [2.24, 2.45) is 0 Å². The Kier molecular flexibility index (Phi) is 7.62. The second kappa shape index (κ2) is 10.4. The molecule has 0 bridgehead atoms. The zero-order valence-electron chi connectivity index (χ0n) is 16.4. The zero-order chi connectivity index (χ0) is 21.5. The second-order valence-electron chi connectivity index (χ2n) is 6.55. The largest absolute Gasteiger partial charge is 0.492 e. The number of hydrogen-bond acceptors (Lipinski definition) is 5. The number of methoxy groups -OCH3 is 1. The van der Waals surface area contributed by atoms with E-state index in [1.54, 1.807) is 49.6 Å². The molecule has 0 radical (unpaired) electrons. The third-order valence-corrected chi connectivity index (χ3v) is 5.02. The lowest BCUT2D eigenvalue weighted by atomic mass is 10.1. The maximum Gasteiger partial charge on any atom is 0.262 e. The molecular weight excluding hydrogens is 426 g/mol. The number of ether oxygens (including phenoxy) is 2. The fraction of sp³-hybridized carbons (Fsp3) is 0.286. The molecule has 0 fully saturated rings. The van der Waals surface area contributed by atoms with Gasteiger partial charge in [-0.1, -0.05) is 11.6 Å². The molecule has 7 nitrogen and oxygen atoms in total. The number of hydrogen-bond donors (Lipinski definition) is 2. The average Bonchev–Trinajstić information content (AvgIpc) is 2.74. The van der Waals surface area contributed by atoms with Crippen molar-refractivity contribution in [1.29, 1.82) is 0 Å². The second-order valence-corrected chi connectivity index (χ2v) is 7.38. The van der Waals surface area contributed by atoms with E-state index in [4.69, 9.17) is 33.3 Å². The van der Waals surface area contributed by atoms with Gasteiger partial charge >= 0.3 is 0 Å². The highest BCUT2D eigenvalue weighted by Gasteiger charge is 2.10. The molecule has 0 aliphatic heterocycles. The van der Waals surface area contributed by atoms with Crippen LogP contribution in [0.4, 0.5) is 0 Å². The molecule has 3 rings (SSSR count). The smallest absolute Gasteiger partial charge is 0.262 e. The molecule has 1 heterocycles. The number of nitrogens with one attached hydrogen (secondary N) is 2. The Morgan fingerprint density at radius 3 is 2.70 bits per heavy atom. The third-order valence-electron chi connectivity index (χ3n) is 4.44. The van der Waals surface area contributed by atoms with Crippen molar-refractivity contribution in [1.82, 2.24) is 14.9 Å². The number of carbonyl (C=O) groups excluding carboxylic acids is 1. The number of halogens is 1. The third kappa shape index (κ3) is 5.47. The standard InChI is InChI=1S/C21H22ClN3O4S/c1-28-11-2-10-25-20(27)17-8-3-14(13-18(17)24-21(25)30)19(26)23-9-12-29-16-6-4-15(22)5-7-16/h3-8,13H,2,9-12H2,1H3,(H,23,26)(H,24,30). The van der Waals surface area contributed by atoms with E-state index in [1.165, 1.54) is 4.57 Å². The average molecular weight is 448 g/mol. The lowest BCUT2D eigenvalue weighted by Gasteiger charge is -2.10. The van der Waals surface area contributed by atoms with Gasteiger partial charge in [0.05, 0.1) is 17.4 Å². The van der Waals surface area contributed by atoms with Crippen LogP contribution in [0, 0.1) is 4.77 Å². The Hall–Kier alpha value is -2.68. The van der Waals surface area contributed by atoms with E-state index >= 15 is 0 Å². The van der Waals surface area contributed by atoms with Crippen LogP contribution in [-0.2, 0) is 11.3 Å². The molecular formula is C21H22ClN3O4S. The molecule has 0 unspecified atom stereocenters. The van der Waals surface area contributed by atoms with E-state index in [2.05, 4.69) is 10.3 Å². The van der Waals surface area contributed by atoms with Gasteiger partial charge in [-0.3, -0.25) is 14.2 Å². The Balaban J connectivity index is 1.65. The number of carbonyl (C=O) groups is 1. The van der Waals surface area contributed by atoms with Crippen molar-refractivity contribution in [2.45, 2.75) is 13.0 Å². The lowest BCUT2D eigenvalue weighted by molar-refractivity contribution is 0.0947. The van der Waals surface area contributed by atoms with Gasteiger partial charge in [0.15, 0.2) is 4.77 Å². The minimum atomic E-state index is -0.264. The molecule has 2 aromatic carbocycles. The van der Waals surface area contributed by atoms with Crippen molar-refractivity contribution < 1.29 is 14.3 Å². The summed E-state index contributed by atoms with van der Waals surface area (Å²) in [6, 6.07) is 11.9. The zero-order valence-corrected chi connectivity index (χ0v) is 18.0. The minimum Gasteiger partial charge on any atom is -0.492 e. The molecule has 1 amide bonds. The molecule has 2 N–H and O–H groups in total. The van der Waals surface area contributed by atoms with Gasteiger partial charge in [-0.15, -0.1) is 0 Å². The number of rotatable bonds is 9. The first-order valence-electron chi connectivity index (χ1n) is 9.42. The van der Waals surface area contributed by atoms with Crippen LogP contribution >= 0.6 is 23.8 Å². The Morgan fingerprint density at radius 1 is 1.20 bits per heavy atom. The van der Waals surface area contributed by atoms with Crippen LogP contribution < -0.4 is 15.6 Å². The molecule has 0 aliphatic rings. The van der Waals surface area contributed by atoms with Crippen molar-refractivity contribution in [3.05, 3.63) is 68.2 Å². The van der Waals surface area contributed by atoms with Gasteiger partial charge in [-0.05, 0) is 61.1 Å². The lowest BCUT2D eigenvalue weighted by Crippen LogP contribution is -2.28. The summed E-state index contributed by atoms with van der Waals surface area (Å²) < 4.78 is 12.4. The van der Waals surface area contributed by atoms with Crippen molar-refractivity contribution in [3.8, 4) is 5.75 Å². The summed E-state index contributed by atoms with van der Waals surface area (Å²) in [7, 11) is 1.61. The highest BCUT2D eigenvalue weighted by Crippen LogP contribution is 2.15. The summed E-state index contributed by atoms with van der Waals surface area (Å²) in [6.45, 7) is 1.65. The number of benzene rings is 2. The summed E-state index contributed by atoms with van der Waals surface area (Å²) in [6.07, 6.45) is 0.679. The van der Waals surface area contributed by atoms with Gasteiger partial charge in [0.2, 0.25) is 0 Å². The number of H-pyrrole nitrogens is 1. The van der Waals surface area contributed by atoms with E-state index in [0.717, 1.165) is 0 Å². The molecule has 1 aromatic heterocycles. The topological polar surface area (TPSA) is 85.3 Å².